The monoisotopic (exact) mass is 326 g/mol. The highest BCUT2D eigenvalue weighted by molar-refractivity contribution is 5.76. The van der Waals surface area contributed by atoms with Gasteiger partial charge < -0.3 is 10.1 Å². The lowest BCUT2D eigenvalue weighted by atomic mass is 10.0. The molecule has 0 aromatic carbocycles. The van der Waals surface area contributed by atoms with Gasteiger partial charge in [-0.2, -0.15) is 0 Å². The van der Waals surface area contributed by atoms with Gasteiger partial charge in [-0.05, 0) is 37.0 Å². The third-order valence-electron chi connectivity index (χ3n) is 4.09. The SMILES string of the molecule is O=C(CCc1cccnc1)NCc1ccnc(C2CCCOC2)n1. The molecule has 0 bridgehead atoms. The summed E-state index contributed by atoms with van der Waals surface area (Å²) in [5, 5.41) is 2.92. The first-order valence-electron chi connectivity index (χ1n) is 8.36. The summed E-state index contributed by atoms with van der Waals surface area (Å²) in [6.07, 6.45) is 8.51. The van der Waals surface area contributed by atoms with E-state index in [4.69, 9.17) is 4.74 Å². The van der Waals surface area contributed by atoms with Crippen molar-refractivity contribution in [1.82, 2.24) is 20.3 Å². The molecule has 1 aliphatic rings. The molecule has 1 aliphatic heterocycles. The van der Waals surface area contributed by atoms with Crippen LogP contribution in [0.25, 0.3) is 0 Å². The number of nitrogens with zero attached hydrogens (tertiary/aromatic N) is 3. The minimum Gasteiger partial charge on any atom is -0.381 e. The number of hydrogen-bond donors (Lipinski definition) is 1. The van der Waals surface area contributed by atoms with Crippen molar-refractivity contribution >= 4 is 5.91 Å². The second-order valence-electron chi connectivity index (χ2n) is 5.96. The molecular formula is C18H22N4O2. The van der Waals surface area contributed by atoms with Crippen molar-refractivity contribution in [2.45, 2.75) is 38.1 Å². The average Bonchev–Trinajstić information content (AvgIpc) is 2.66. The molecule has 3 rings (SSSR count). The lowest BCUT2D eigenvalue weighted by molar-refractivity contribution is -0.121. The van der Waals surface area contributed by atoms with Crippen LogP contribution in [0.3, 0.4) is 0 Å². The molecule has 1 saturated heterocycles. The second kappa shape index (κ2) is 8.49. The number of nitrogens with one attached hydrogen (secondary N) is 1. The Morgan fingerprint density at radius 1 is 1.33 bits per heavy atom. The lowest BCUT2D eigenvalue weighted by Gasteiger charge is -2.20. The Morgan fingerprint density at radius 2 is 2.29 bits per heavy atom. The van der Waals surface area contributed by atoms with Gasteiger partial charge in [0.25, 0.3) is 0 Å². The zero-order valence-corrected chi connectivity index (χ0v) is 13.6. The van der Waals surface area contributed by atoms with Gasteiger partial charge in [-0.1, -0.05) is 6.07 Å². The van der Waals surface area contributed by atoms with Gasteiger partial charge >= 0.3 is 0 Å². The number of carbonyl (C=O) groups is 1. The summed E-state index contributed by atoms with van der Waals surface area (Å²) < 4.78 is 5.49. The molecule has 1 fully saturated rings. The number of rotatable bonds is 6. The van der Waals surface area contributed by atoms with Crippen LogP contribution < -0.4 is 5.32 Å². The van der Waals surface area contributed by atoms with Gasteiger partial charge in [0.15, 0.2) is 0 Å². The first-order chi connectivity index (χ1) is 11.8. The maximum absolute atomic E-state index is 12.0. The third kappa shape index (κ3) is 4.83. The lowest BCUT2D eigenvalue weighted by Crippen LogP contribution is -2.24. The molecule has 1 unspecified atom stereocenters. The van der Waals surface area contributed by atoms with Crippen LogP contribution in [0, 0.1) is 0 Å². The van der Waals surface area contributed by atoms with E-state index < -0.39 is 0 Å². The summed E-state index contributed by atoms with van der Waals surface area (Å²) in [6, 6.07) is 5.70. The summed E-state index contributed by atoms with van der Waals surface area (Å²) >= 11 is 0. The number of aryl methyl sites for hydroxylation is 1. The van der Waals surface area contributed by atoms with E-state index >= 15 is 0 Å². The van der Waals surface area contributed by atoms with E-state index in [2.05, 4.69) is 20.3 Å². The average molecular weight is 326 g/mol. The number of carbonyl (C=O) groups excluding carboxylic acids is 1. The van der Waals surface area contributed by atoms with Crippen LogP contribution in [-0.4, -0.2) is 34.1 Å². The van der Waals surface area contributed by atoms with E-state index in [0.717, 1.165) is 36.5 Å². The molecule has 3 heterocycles. The van der Waals surface area contributed by atoms with Gasteiger partial charge in [-0.25, -0.2) is 9.97 Å². The molecule has 0 saturated carbocycles. The van der Waals surface area contributed by atoms with Gasteiger partial charge in [0, 0.05) is 37.5 Å². The van der Waals surface area contributed by atoms with Crippen LogP contribution >= 0.6 is 0 Å². The first-order valence-corrected chi connectivity index (χ1v) is 8.36. The Labute approximate surface area is 141 Å². The topological polar surface area (TPSA) is 77.0 Å². The molecule has 0 spiro atoms. The minimum atomic E-state index is 0.0139. The van der Waals surface area contributed by atoms with Gasteiger partial charge in [0.05, 0.1) is 18.8 Å². The maximum atomic E-state index is 12.0. The third-order valence-corrected chi connectivity index (χ3v) is 4.09. The summed E-state index contributed by atoms with van der Waals surface area (Å²) in [4.78, 5) is 25.0. The highest BCUT2D eigenvalue weighted by Gasteiger charge is 2.18. The summed E-state index contributed by atoms with van der Waals surface area (Å²) in [7, 11) is 0. The zero-order valence-electron chi connectivity index (χ0n) is 13.6. The number of pyridine rings is 1. The predicted molar refractivity (Wildman–Crippen MR) is 89.2 cm³/mol. The fraction of sp³-hybridized carbons (Fsp3) is 0.444. The molecule has 6 nitrogen and oxygen atoms in total. The number of amides is 1. The summed E-state index contributed by atoms with van der Waals surface area (Å²) in [5.41, 5.74) is 1.90. The van der Waals surface area contributed by atoms with Gasteiger partial charge in [0.2, 0.25) is 5.91 Å². The van der Waals surface area contributed by atoms with Crippen molar-refractivity contribution in [1.29, 1.82) is 0 Å². The summed E-state index contributed by atoms with van der Waals surface area (Å²) in [6.45, 7) is 1.93. The van der Waals surface area contributed by atoms with Gasteiger partial charge in [-0.3, -0.25) is 9.78 Å². The van der Waals surface area contributed by atoms with Crippen LogP contribution in [-0.2, 0) is 22.5 Å². The predicted octanol–water partition coefficient (Wildman–Crippen LogP) is 2.01. The Bertz CT molecular complexity index is 657. The second-order valence-corrected chi connectivity index (χ2v) is 5.96. The highest BCUT2D eigenvalue weighted by Crippen LogP contribution is 2.22. The van der Waals surface area contributed by atoms with Crippen molar-refractivity contribution in [2.75, 3.05) is 13.2 Å². The molecule has 2 aromatic rings. The number of hydrogen-bond acceptors (Lipinski definition) is 5. The van der Waals surface area contributed by atoms with Crippen LogP contribution in [0.15, 0.2) is 36.8 Å². The van der Waals surface area contributed by atoms with Gasteiger partial charge in [0.1, 0.15) is 5.82 Å². The molecule has 0 aliphatic carbocycles. The van der Waals surface area contributed by atoms with Crippen molar-refractivity contribution in [3.63, 3.8) is 0 Å². The molecule has 1 atom stereocenters. The molecular weight excluding hydrogens is 304 g/mol. The Hall–Kier alpha value is -2.34. The van der Waals surface area contributed by atoms with Crippen molar-refractivity contribution in [3.05, 3.63) is 53.9 Å². The molecule has 24 heavy (non-hydrogen) atoms. The number of ether oxygens (including phenoxy) is 1. The first kappa shape index (κ1) is 16.5. The van der Waals surface area contributed by atoms with Crippen LogP contribution in [0.1, 0.15) is 42.3 Å². The fourth-order valence-electron chi connectivity index (χ4n) is 2.73. The largest absolute Gasteiger partial charge is 0.381 e. The standard InChI is InChI=1S/C18H22N4O2/c23-17(6-5-14-3-1-8-19-11-14)21-12-16-7-9-20-18(22-16)15-4-2-10-24-13-15/h1,3,7-9,11,15H,2,4-6,10,12-13H2,(H,21,23). The normalized spacial score (nSPS) is 17.4. The smallest absolute Gasteiger partial charge is 0.220 e. The Balaban J connectivity index is 1.48. The maximum Gasteiger partial charge on any atom is 0.220 e. The highest BCUT2D eigenvalue weighted by atomic mass is 16.5. The molecule has 1 N–H and O–H groups in total. The van der Waals surface area contributed by atoms with Crippen molar-refractivity contribution in [2.24, 2.45) is 0 Å². The molecule has 0 radical (unpaired) electrons. The Kier molecular flexibility index (Phi) is 5.85. The van der Waals surface area contributed by atoms with Gasteiger partial charge in [-0.15, -0.1) is 0 Å². The van der Waals surface area contributed by atoms with E-state index in [0.29, 0.717) is 26.0 Å². The summed E-state index contributed by atoms with van der Waals surface area (Å²) in [5.74, 6) is 1.09. The van der Waals surface area contributed by atoms with Crippen molar-refractivity contribution in [3.8, 4) is 0 Å². The van der Waals surface area contributed by atoms with Crippen LogP contribution in [0.5, 0.6) is 0 Å². The minimum absolute atomic E-state index is 0.0139. The molecule has 1 amide bonds. The van der Waals surface area contributed by atoms with E-state index in [-0.39, 0.29) is 11.8 Å². The molecule has 2 aromatic heterocycles. The molecule has 6 heteroatoms. The molecule has 126 valence electrons. The quantitative estimate of drug-likeness (QED) is 0.879. The van der Waals surface area contributed by atoms with Crippen LogP contribution in [0.4, 0.5) is 0 Å². The number of aromatic nitrogens is 3. The fourth-order valence-corrected chi connectivity index (χ4v) is 2.73. The van der Waals surface area contributed by atoms with Crippen molar-refractivity contribution < 1.29 is 9.53 Å². The van der Waals surface area contributed by atoms with Crippen LogP contribution in [0.2, 0.25) is 0 Å². The van der Waals surface area contributed by atoms with E-state index in [1.165, 1.54) is 0 Å². The van der Waals surface area contributed by atoms with E-state index in [1.807, 2.05) is 18.2 Å². The van der Waals surface area contributed by atoms with E-state index in [1.54, 1.807) is 18.6 Å². The Morgan fingerprint density at radius 3 is 3.08 bits per heavy atom. The van der Waals surface area contributed by atoms with E-state index in [9.17, 15) is 4.79 Å². The zero-order chi connectivity index (χ0) is 16.6.